The van der Waals surface area contributed by atoms with Gasteiger partial charge in [-0.15, -0.1) is 6.92 Å². The SMILES string of the molecule is CC1=[C-]C(C)([Si](C)(C)N(C)C)C(C)=C1C.[Cl-].[Cl-].[Ti+3]. The molecule has 1 nitrogen and oxygen atoms in total. The Balaban J connectivity index is -0.000000750. The molecule has 0 spiro atoms. The molecule has 1 atom stereocenters. The largest absolute Gasteiger partial charge is 3.00 e. The Hall–Kier alpha value is 0.951. The van der Waals surface area contributed by atoms with Crippen molar-refractivity contribution in [2.75, 3.05) is 14.1 Å². The van der Waals surface area contributed by atoms with Crippen LogP contribution < -0.4 is 24.8 Å². The van der Waals surface area contributed by atoms with Crippen molar-refractivity contribution in [1.82, 2.24) is 4.57 Å². The molecule has 0 fully saturated rings. The van der Waals surface area contributed by atoms with E-state index in [0.29, 0.717) is 0 Å². The molecule has 1 unspecified atom stereocenters. The molecule has 1 aliphatic carbocycles. The molecule has 0 aromatic rings. The van der Waals surface area contributed by atoms with Crippen molar-refractivity contribution in [1.29, 1.82) is 0 Å². The Bertz CT molecular complexity index is 351. The third-order valence-corrected chi connectivity index (χ3v) is 9.84. The number of allylic oxidation sites excluding steroid dienone is 4. The minimum atomic E-state index is -1.48. The molecule has 0 bridgehead atoms. The first-order valence-electron chi connectivity index (χ1n) is 5.62. The molecule has 18 heavy (non-hydrogen) atoms. The molecule has 0 saturated carbocycles. The molecule has 5 heteroatoms. The zero-order chi connectivity index (χ0) is 12.0. The summed E-state index contributed by atoms with van der Waals surface area (Å²) < 4.78 is 2.43. The van der Waals surface area contributed by atoms with E-state index in [1.54, 1.807) is 0 Å². The summed E-state index contributed by atoms with van der Waals surface area (Å²) in [4.78, 5) is 0. The molecule has 0 heterocycles. The first-order valence-corrected chi connectivity index (χ1v) is 8.57. The molecular weight excluding hydrogens is 317 g/mol. The molecule has 0 aliphatic heterocycles. The van der Waals surface area contributed by atoms with Gasteiger partial charge in [-0.1, -0.05) is 38.9 Å². The first kappa shape index (κ1) is 24.0. The Labute approximate surface area is 141 Å². The number of nitrogens with zero attached hydrogens (tertiary/aromatic N) is 1. The molecular formula is C13H24Cl2NSiTi. The van der Waals surface area contributed by atoms with E-state index >= 15 is 0 Å². The third kappa shape index (κ3) is 3.53. The maximum absolute atomic E-state index is 3.71. The summed E-state index contributed by atoms with van der Waals surface area (Å²) in [6.45, 7) is 13.9. The summed E-state index contributed by atoms with van der Waals surface area (Å²) in [7, 11) is 2.93. The predicted molar refractivity (Wildman–Crippen MR) is 70.3 cm³/mol. The monoisotopic (exact) mass is 340 g/mol. The smallest absolute Gasteiger partial charge is 1.00 e. The van der Waals surface area contributed by atoms with E-state index in [0.717, 1.165) is 0 Å². The molecule has 103 valence electrons. The van der Waals surface area contributed by atoms with Crippen molar-refractivity contribution < 1.29 is 46.5 Å². The topological polar surface area (TPSA) is 3.24 Å². The third-order valence-electron chi connectivity index (χ3n) is 4.65. The van der Waals surface area contributed by atoms with Crippen LogP contribution in [0.3, 0.4) is 0 Å². The standard InChI is InChI=1S/C13H24NSi.2ClH.Ti/c1-10-9-13(4,12(3)11(10)2)15(7,8)14(5)6;;;/h1-8H3;2*1H;/q-1;;;+3/p-2. The minimum absolute atomic E-state index is 0. The summed E-state index contributed by atoms with van der Waals surface area (Å²) in [5.41, 5.74) is 4.31. The number of hydrogen-bond donors (Lipinski definition) is 0. The number of hydrogen-bond acceptors (Lipinski definition) is 1. The average Bonchev–Trinajstić information content (AvgIpc) is 2.31. The first-order chi connectivity index (χ1) is 6.64. The van der Waals surface area contributed by atoms with E-state index < -0.39 is 8.24 Å². The summed E-state index contributed by atoms with van der Waals surface area (Å²) in [5, 5.41) is 0.171. The van der Waals surface area contributed by atoms with Gasteiger partial charge in [0.2, 0.25) is 0 Å². The van der Waals surface area contributed by atoms with E-state index in [9.17, 15) is 0 Å². The van der Waals surface area contributed by atoms with Crippen LogP contribution in [0.1, 0.15) is 27.7 Å². The molecule has 1 rings (SSSR count). The fraction of sp³-hybridized carbons (Fsp3) is 0.692. The normalized spacial score (nSPS) is 23.1. The van der Waals surface area contributed by atoms with E-state index in [1.165, 1.54) is 16.7 Å². The van der Waals surface area contributed by atoms with Crippen LogP contribution in [-0.2, 0) is 21.7 Å². The van der Waals surface area contributed by atoms with Crippen molar-refractivity contribution in [3.05, 3.63) is 22.8 Å². The molecule has 1 radical (unpaired) electrons. The maximum Gasteiger partial charge on any atom is 3.00 e. The van der Waals surface area contributed by atoms with Crippen LogP contribution in [0, 0.1) is 6.08 Å². The van der Waals surface area contributed by atoms with Crippen LogP contribution in [0.4, 0.5) is 0 Å². The minimum Gasteiger partial charge on any atom is -1.00 e. The van der Waals surface area contributed by atoms with Crippen LogP contribution >= 0.6 is 0 Å². The van der Waals surface area contributed by atoms with E-state index in [1.807, 2.05) is 0 Å². The van der Waals surface area contributed by atoms with Gasteiger partial charge >= 0.3 is 21.7 Å². The van der Waals surface area contributed by atoms with E-state index in [2.05, 4.69) is 65.5 Å². The summed E-state index contributed by atoms with van der Waals surface area (Å²) in [6.07, 6.45) is 3.71. The van der Waals surface area contributed by atoms with Crippen LogP contribution in [0.25, 0.3) is 0 Å². The van der Waals surface area contributed by atoms with Crippen LogP contribution in [0.15, 0.2) is 16.7 Å². The van der Waals surface area contributed by atoms with Crippen molar-refractivity contribution >= 4 is 8.24 Å². The van der Waals surface area contributed by atoms with Gasteiger partial charge in [0.05, 0.1) is 0 Å². The van der Waals surface area contributed by atoms with Gasteiger partial charge < -0.3 is 29.4 Å². The molecule has 0 saturated heterocycles. The van der Waals surface area contributed by atoms with Gasteiger partial charge in [0, 0.05) is 0 Å². The zero-order valence-corrected chi connectivity index (χ0v) is 16.8. The second-order valence-corrected chi connectivity index (χ2v) is 10.6. The summed E-state index contributed by atoms with van der Waals surface area (Å²) in [5.74, 6) is 0. The Morgan fingerprint density at radius 1 is 1.06 bits per heavy atom. The molecule has 0 amide bonds. The molecule has 0 aromatic heterocycles. The van der Waals surface area contributed by atoms with Gasteiger partial charge in [0.15, 0.2) is 0 Å². The van der Waals surface area contributed by atoms with Crippen molar-refractivity contribution in [2.24, 2.45) is 0 Å². The second-order valence-electron chi connectivity index (χ2n) is 5.58. The Morgan fingerprint density at radius 3 is 1.67 bits per heavy atom. The molecule has 0 aromatic carbocycles. The van der Waals surface area contributed by atoms with Crippen LogP contribution in [-0.4, -0.2) is 26.9 Å². The predicted octanol–water partition coefficient (Wildman–Crippen LogP) is -2.38. The second kappa shape index (κ2) is 7.66. The number of rotatable bonds is 2. The zero-order valence-electron chi connectivity index (χ0n) is 12.7. The van der Waals surface area contributed by atoms with Crippen molar-refractivity contribution in [3.8, 4) is 0 Å². The van der Waals surface area contributed by atoms with Gasteiger partial charge in [-0.25, -0.2) is 5.57 Å². The molecule has 0 N–H and O–H groups in total. The summed E-state index contributed by atoms with van der Waals surface area (Å²) >= 11 is 0. The quantitative estimate of drug-likeness (QED) is 0.401. The average molecular weight is 341 g/mol. The maximum atomic E-state index is 3.71. The Kier molecular flexibility index (Phi) is 10.2. The molecule has 1 aliphatic rings. The van der Waals surface area contributed by atoms with Gasteiger partial charge in [-0.2, -0.15) is 11.1 Å². The van der Waals surface area contributed by atoms with Gasteiger partial charge in [-0.05, 0) is 14.1 Å². The van der Waals surface area contributed by atoms with Crippen molar-refractivity contribution in [2.45, 2.75) is 45.8 Å². The fourth-order valence-electron chi connectivity index (χ4n) is 2.28. The van der Waals surface area contributed by atoms with E-state index in [-0.39, 0.29) is 51.6 Å². The van der Waals surface area contributed by atoms with E-state index in [4.69, 9.17) is 0 Å². The Morgan fingerprint density at radius 2 is 1.44 bits per heavy atom. The van der Waals surface area contributed by atoms with Crippen LogP contribution in [0.2, 0.25) is 18.1 Å². The fourth-order valence-corrected chi connectivity index (χ4v) is 4.77. The van der Waals surface area contributed by atoms with Gasteiger partial charge in [0.1, 0.15) is 8.24 Å². The van der Waals surface area contributed by atoms with Crippen LogP contribution in [0.5, 0.6) is 0 Å². The summed E-state index contributed by atoms with van der Waals surface area (Å²) in [6, 6.07) is 0. The number of halogens is 2. The van der Waals surface area contributed by atoms with Crippen molar-refractivity contribution in [3.63, 3.8) is 0 Å². The van der Waals surface area contributed by atoms with Gasteiger partial charge in [0.25, 0.3) is 0 Å². The van der Waals surface area contributed by atoms with Gasteiger partial charge in [-0.3, -0.25) is 6.08 Å².